The summed E-state index contributed by atoms with van der Waals surface area (Å²) in [4.78, 5) is 2.50. The van der Waals surface area contributed by atoms with Crippen molar-refractivity contribution in [3.05, 3.63) is 11.6 Å². The van der Waals surface area contributed by atoms with E-state index in [0.29, 0.717) is 6.04 Å². The predicted molar refractivity (Wildman–Crippen MR) is 49.6 cm³/mol. The second-order valence-electron chi connectivity index (χ2n) is 3.62. The zero-order chi connectivity index (χ0) is 8.43. The third-order valence-corrected chi connectivity index (χ3v) is 2.66. The van der Waals surface area contributed by atoms with Crippen molar-refractivity contribution in [2.75, 3.05) is 13.1 Å². The molecule has 0 aromatic rings. The van der Waals surface area contributed by atoms with Crippen LogP contribution in [0.2, 0.25) is 0 Å². The van der Waals surface area contributed by atoms with Crippen LogP contribution in [-0.4, -0.2) is 24.0 Å². The standard InChI is InChI=1S/C10H19N/c1-5-11-7-6-10(8(2)3)9(11)4/h6,8-9H,5,7H2,1-4H3. The highest BCUT2D eigenvalue weighted by atomic mass is 15.2. The molecular weight excluding hydrogens is 134 g/mol. The molecule has 1 aliphatic rings. The Bertz CT molecular complexity index is 158. The molecule has 0 aromatic carbocycles. The van der Waals surface area contributed by atoms with Gasteiger partial charge < -0.3 is 0 Å². The Balaban J connectivity index is 2.59. The number of likely N-dealkylation sites (N-methyl/N-ethyl adjacent to an activating group) is 1. The molecule has 11 heavy (non-hydrogen) atoms. The zero-order valence-corrected chi connectivity index (χ0v) is 8.09. The third kappa shape index (κ3) is 1.64. The maximum absolute atomic E-state index is 2.50. The largest absolute Gasteiger partial charge is 0.294 e. The lowest BCUT2D eigenvalue weighted by Gasteiger charge is -2.23. The molecule has 64 valence electrons. The summed E-state index contributed by atoms with van der Waals surface area (Å²) in [5.41, 5.74) is 1.62. The number of hydrogen-bond acceptors (Lipinski definition) is 1. The molecule has 0 bridgehead atoms. The van der Waals surface area contributed by atoms with E-state index in [1.807, 2.05) is 0 Å². The van der Waals surface area contributed by atoms with Gasteiger partial charge in [0.15, 0.2) is 0 Å². The molecule has 1 heterocycles. The van der Waals surface area contributed by atoms with Crippen LogP contribution >= 0.6 is 0 Å². The molecule has 0 N–H and O–H groups in total. The third-order valence-electron chi connectivity index (χ3n) is 2.66. The van der Waals surface area contributed by atoms with Crippen LogP contribution in [0.5, 0.6) is 0 Å². The van der Waals surface area contributed by atoms with E-state index in [1.54, 1.807) is 5.57 Å². The minimum absolute atomic E-state index is 0.681. The van der Waals surface area contributed by atoms with Gasteiger partial charge in [0.05, 0.1) is 0 Å². The van der Waals surface area contributed by atoms with Crippen molar-refractivity contribution in [3.63, 3.8) is 0 Å². The summed E-state index contributed by atoms with van der Waals surface area (Å²) >= 11 is 0. The smallest absolute Gasteiger partial charge is 0.0285 e. The van der Waals surface area contributed by atoms with Crippen molar-refractivity contribution in [2.24, 2.45) is 5.92 Å². The van der Waals surface area contributed by atoms with Gasteiger partial charge in [0, 0.05) is 12.6 Å². The van der Waals surface area contributed by atoms with E-state index in [2.05, 4.69) is 38.7 Å². The fourth-order valence-electron chi connectivity index (χ4n) is 1.88. The topological polar surface area (TPSA) is 3.24 Å². The molecule has 1 rings (SSSR count). The lowest BCUT2D eigenvalue weighted by Crippen LogP contribution is -2.29. The van der Waals surface area contributed by atoms with E-state index in [9.17, 15) is 0 Å². The van der Waals surface area contributed by atoms with Gasteiger partial charge in [-0.25, -0.2) is 0 Å². The molecule has 0 saturated heterocycles. The Hall–Kier alpha value is -0.300. The van der Waals surface area contributed by atoms with Crippen LogP contribution in [0.1, 0.15) is 27.7 Å². The highest BCUT2D eigenvalue weighted by Gasteiger charge is 2.22. The second-order valence-corrected chi connectivity index (χ2v) is 3.62. The Kier molecular flexibility index (Phi) is 2.72. The summed E-state index contributed by atoms with van der Waals surface area (Å²) in [6.45, 7) is 11.4. The average molecular weight is 153 g/mol. The lowest BCUT2D eigenvalue weighted by molar-refractivity contribution is 0.287. The normalized spacial score (nSPS) is 26.3. The SMILES string of the molecule is CCN1CC=C(C(C)C)C1C. The van der Waals surface area contributed by atoms with Gasteiger partial charge in [0.25, 0.3) is 0 Å². The Morgan fingerprint density at radius 1 is 1.64 bits per heavy atom. The van der Waals surface area contributed by atoms with E-state index < -0.39 is 0 Å². The summed E-state index contributed by atoms with van der Waals surface area (Å²) in [6.07, 6.45) is 2.39. The molecule has 0 spiro atoms. The van der Waals surface area contributed by atoms with Gasteiger partial charge in [-0.2, -0.15) is 0 Å². The van der Waals surface area contributed by atoms with E-state index in [1.165, 1.54) is 6.54 Å². The van der Waals surface area contributed by atoms with Gasteiger partial charge in [-0.05, 0) is 19.4 Å². The van der Waals surface area contributed by atoms with Gasteiger partial charge in [-0.15, -0.1) is 0 Å². The molecule has 0 saturated carbocycles. The highest BCUT2D eigenvalue weighted by molar-refractivity contribution is 5.18. The number of hydrogen-bond donors (Lipinski definition) is 0. The predicted octanol–water partition coefficient (Wildman–Crippen LogP) is 2.29. The van der Waals surface area contributed by atoms with Crippen molar-refractivity contribution < 1.29 is 0 Å². The second kappa shape index (κ2) is 3.40. The van der Waals surface area contributed by atoms with Gasteiger partial charge in [-0.3, -0.25) is 4.90 Å². The average Bonchev–Trinajstić information content (AvgIpc) is 2.30. The Labute approximate surface area is 70.1 Å². The first kappa shape index (κ1) is 8.79. The van der Waals surface area contributed by atoms with Crippen LogP contribution in [0.25, 0.3) is 0 Å². The first-order valence-corrected chi connectivity index (χ1v) is 4.60. The first-order valence-electron chi connectivity index (χ1n) is 4.60. The molecule has 1 nitrogen and oxygen atoms in total. The molecule has 0 aromatic heterocycles. The monoisotopic (exact) mass is 153 g/mol. The van der Waals surface area contributed by atoms with E-state index >= 15 is 0 Å². The lowest BCUT2D eigenvalue weighted by atomic mass is 9.99. The van der Waals surface area contributed by atoms with Gasteiger partial charge in [0.1, 0.15) is 0 Å². The fourth-order valence-corrected chi connectivity index (χ4v) is 1.88. The summed E-state index contributed by atoms with van der Waals surface area (Å²) in [5, 5.41) is 0. The van der Waals surface area contributed by atoms with E-state index in [4.69, 9.17) is 0 Å². The minimum atomic E-state index is 0.681. The first-order chi connectivity index (χ1) is 5.16. The molecule has 0 fully saturated rings. The summed E-state index contributed by atoms with van der Waals surface area (Å²) < 4.78 is 0. The maximum atomic E-state index is 2.50. The minimum Gasteiger partial charge on any atom is -0.294 e. The van der Waals surface area contributed by atoms with Crippen LogP contribution in [0.3, 0.4) is 0 Å². The van der Waals surface area contributed by atoms with Crippen molar-refractivity contribution in [1.82, 2.24) is 4.90 Å². The Morgan fingerprint density at radius 2 is 2.27 bits per heavy atom. The summed E-state index contributed by atoms with van der Waals surface area (Å²) in [5.74, 6) is 0.724. The summed E-state index contributed by atoms with van der Waals surface area (Å²) in [6, 6.07) is 0.681. The van der Waals surface area contributed by atoms with Crippen molar-refractivity contribution >= 4 is 0 Å². The van der Waals surface area contributed by atoms with E-state index in [-0.39, 0.29) is 0 Å². The van der Waals surface area contributed by atoms with Gasteiger partial charge >= 0.3 is 0 Å². The molecule has 1 unspecified atom stereocenters. The quantitative estimate of drug-likeness (QED) is 0.550. The molecule has 1 aliphatic heterocycles. The number of rotatable bonds is 2. The van der Waals surface area contributed by atoms with Crippen LogP contribution in [0.15, 0.2) is 11.6 Å². The molecule has 1 heteroatoms. The molecular formula is C10H19N. The molecule has 0 aliphatic carbocycles. The Morgan fingerprint density at radius 3 is 2.55 bits per heavy atom. The molecule has 1 atom stereocenters. The van der Waals surface area contributed by atoms with E-state index in [0.717, 1.165) is 12.5 Å². The summed E-state index contributed by atoms with van der Waals surface area (Å²) in [7, 11) is 0. The van der Waals surface area contributed by atoms with Crippen LogP contribution in [-0.2, 0) is 0 Å². The van der Waals surface area contributed by atoms with Gasteiger partial charge in [-0.1, -0.05) is 32.4 Å². The van der Waals surface area contributed by atoms with Crippen LogP contribution in [0.4, 0.5) is 0 Å². The molecule has 0 radical (unpaired) electrons. The maximum Gasteiger partial charge on any atom is 0.0285 e. The van der Waals surface area contributed by atoms with Gasteiger partial charge in [0.2, 0.25) is 0 Å². The van der Waals surface area contributed by atoms with Crippen molar-refractivity contribution in [2.45, 2.75) is 33.7 Å². The molecule has 0 amide bonds. The highest BCUT2D eigenvalue weighted by Crippen LogP contribution is 2.23. The van der Waals surface area contributed by atoms with Crippen LogP contribution < -0.4 is 0 Å². The fraction of sp³-hybridized carbons (Fsp3) is 0.800. The number of nitrogens with zero attached hydrogens (tertiary/aromatic N) is 1. The van der Waals surface area contributed by atoms with Crippen molar-refractivity contribution in [3.8, 4) is 0 Å². The zero-order valence-electron chi connectivity index (χ0n) is 8.09. The van der Waals surface area contributed by atoms with Crippen molar-refractivity contribution in [1.29, 1.82) is 0 Å². The van der Waals surface area contributed by atoms with Crippen LogP contribution in [0, 0.1) is 5.92 Å².